The number of hydrogen-bond acceptors (Lipinski definition) is 3. The molecule has 2 fully saturated rings. The standard InChI is InChI=1S/C24H49N3/c1-3-5-7-13-19-27(20-14-8-6-4-2)24-18-12-11-17-23(24)26-22-16-10-9-15-21(22)25/h21-24,26H,3-20,25H2,1-2H3. The Kier molecular flexibility index (Phi) is 12.0. The van der Waals surface area contributed by atoms with E-state index in [1.165, 1.54) is 116 Å². The van der Waals surface area contributed by atoms with E-state index >= 15 is 0 Å². The molecule has 0 amide bonds. The zero-order chi connectivity index (χ0) is 19.3. The number of unbranched alkanes of at least 4 members (excludes halogenated alkanes) is 6. The summed E-state index contributed by atoms with van der Waals surface area (Å²) in [5.41, 5.74) is 6.47. The third kappa shape index (κ3) is 8.41. The van der Waals surface area contributed by atoms with Crippen molar-refractivity contribution in [1.82, 2.24) is 10.2 Å². The fourth-order valence-electron chi connectivity index (χ4n) is 5.31. The first-order valence-electron chi connectivity index (χ1n) is 12.5. The molecule has 0 aromatic heterocycles. The van der Waals surface area contributed by atoms with E-state index in [4.69, 9.17) is 5.73 Å². The fraction of sp³-hybridized carbons (Fsp3) is 1.00. The molecular weight excluding hydrogens is 330 g/mol. The molecule has 0 aromatic carbocycles. The molecule has 4 atom stereocenters. The smallest absolute Gasteiger partial charge is 0.0249 e. The minimum Gasteiger partial charge on any atom is -0.326 e. The van der Waals surface area contributed by atoms with Crippen LogP contribution in [-0.4, -0.2) is 42.2 Å². The maximum absolute atomic E-state index is 6.47. The molecule has 0 aromatic rings. The molecule has 4 unspecified atom stereocenters. The number of nitrogens with zero attached hydrogens (tertiary/aromatic N) is 1. The third-order valence-electron chi connectivity index (χ3n) is 7.04. The van der Waals surface area contributed by atoms with Crippen molar-refractivity contribution in [3.05, 3.63) is 0 Å². The molecular formula is C24H49N3. The lowest BCUT2D eigenvalue weighted by Crippen LogP contribution is -2.58. The monoisotopic (exact) mass is 379 g/mol. The molecule has 3 N–H and O–H groups in total. The van der Waals surface area contributed by atoms with E-state index in [9.17, 15) is 0 Å². The highest BCUT2D eigenvalue weighted by Gasteiger charge is 2.33. The molecule has 3 nitrogen and oxygen atoms in total. The Labute approximate surface area is 170 Å². The second-order valence-electron chi connectivity index (χ2n) is 9.34. The van der Waals surface area contributed by atoms with Crippen molar-refractivity contribution in [2.75, 3.05) is 13.1 Å². The summed E-state index contributed by atoms with van der Waals surface area (Å²) in [7, 11) is 0. The summed E-state index contributed by atoms with van der Waals surface area (Å²) in [6.07, 6.45) is 21.8. The van der Waals surface area contributed by atoms with Crippen LogP contribution in [0.4, 0.5) is 0 Å². The molecule has 27 heavy (non-hydrogen) atoms. The van der Waals surface area contributed by atoms with Crippen LogP contribution in [0.5, 0.6) is 0 Å². The number of nitrogens with two attached hydrogens (primary N) is 1. The number of hydrogen-bond donors (Lipinski definition) is 2. The van der Waals surface area contributed by atoms with Gasteiger partial charge in [0.25, 0.3) is 0 Å². The van der Waals surface area contributed by atoms with Crippen LogP contribution in [0.1, 0.15) is 117 Å². The van der Waals surface area contributed by atoms with Crippen LogP contribution < -0.4 is 11.1 Å². The summed E-state index contributed by atoms with van der Waals surface area (Å²) in [6.45, 7) is 7.26. The van der Waals surface area contributed by atoms with Crippen LogP contribution in [0.2, 0.25) is 0 Å². The van der Waals surface area contributed by atoms with Gasteiger partial charge in [-0.3, -0.25) is 4.90 Å². The molecule has 3 heteroatoms. The fourth-order valence-corrected chi connectivity index (χ4v) is 5.31. The van der Waals surface area contributed by atoms with Crippen molar-refractivity contribution in [3.8, 4) is 0 Å². The van der Waals surface area contributed by atoms with E-state index in [2.05, 4.69) is 24.1 Å². The molecule has 0 heterocycles. The second-order valence-corrected chi connectivity index (χ2v) is 9.34. The van der Waals surface area contributed by atoms with Gasteiger partial charge in [-0.1, -0.05) is 78.1 Å². The summed E-state index contributed by atoms with van der Waals surface area (Å²) in [4.78, 5) is 2.89. The lowest BCUT2D eigenvalue weighted by molar-refractivity contribution is 0.105. The van der Waals surface area contributed by atoms with Crippen molar-refractivity contribution in [1.29, 1.82) is 0 Å². The largest absolute Gasteiger partial charge is 0.326 e. The predicted molar refractivity (Wildman–Crippen MR) is 119 cm³/mol. The van der Waals surface area contributed by atoms with Gasteiger partial charge < -0.3 is 11.1 Å². The highest BCUT2D eigenvalue weighted by molar-refractivity contribution is 4.93. The Bertz CT molecular complexity index is 348. The average Bonchev–Trinajstić information content (AvgIpc) is 2.69. The zero-order valence-corrected chi connectivity index (χ0v) is 18.6. The summed E-state index contributed by atoms with van der Waals surface area (Å²) in [5, 5.41) is 4.07. The van der Waals surface area contributed by atoms with E-state index in [1.807, 2.05) is 0 Å². The molecule has 0 saturated heterocycles. The van der Waals surface area contributed by atoms with E-state index < -0.39 is 0 Å². The first-order chi connectivity index (χ1) is 13.3. The van der Waals surface area contributed by atoms with Gasteiger partial charge in [-0.15, -0.1) is 0 Å². The minimum absolute atomic E-state index is 0.379. The Morgan fingerprint density at radius 2 is 1.26 bits per heavy atom. The quantitative estimate of drug-likeness (QED) is 0.408. The molecule has 0 aliphatic heterocycles. The summed E-state index contributed by atoms with van der Waals surface area (Å²) in [5.74, 6) is 0. The Morgan fingerprint density at radius 1 is 0.704 bits per heavy atom. The van der Waals surface area contributed by atoms with Crippen LogP contribution in [0, 0.1) is 0 Å². The van der Waals surface area contributed by atoms with Crippen LogP contribution in [0.15, 0.2) is 0 Å². The molecule has 160 valence electrons. The molecule has 0 radical (unpaired) electrons. The van der Waals surface area contributed by atoms with Crippen LogP contribution in [0.25, 0.3) is 0 Å². The number of rotatable bonds is 13. The highest BCUT2D eigenvalue weighted by Crippen LogP contribution is 2.27. The van der Waals surface area contributed by atoms with Crippen LogP contribution in [-0.2, 0) is 0 Å². The number of nitrogens with one attached hydrogen (secondary N) is 1. The van der Waals surface area contributed by atoms with Gasteiger partial charge in [0.1, 0.15) is 0 Å². The van der Waals surface area contributed by atoms with Crippen LogP contribution >= 0.6 is 0 Å². The van der Waals surface area contributed by atoms with Crippen molar-refractivity contribution >= 4 is 0 Å². The van der Waals surface area contributed by atoms with Gasteiger partial charge in [0.2, 0.25) is 0 Å². The third-order valence-corrected chi connectivity index (χ3v) is 7.04. The van der Waals surface area contributed by atoms with Crippen molar-refractivity contribution in [3.63, 3.8) is 0 Å². The van der Waals surface area contributed by atoms with Gasteiger partial charge in [-0.2, -0.15) is 0 Å². The SMILES string of the molecule is CCCCCCN(CCCCCC)C1CCCCC1NC1CCCCC1N. The lowest BCUT2D eigenvalue weighted by Gasteiger charge is -2.43. The second kappa shape index (κ2) is 14.0. The maximum Gasteiger partial charge on any atom is 0.0249 e. The van der Waals surface area contributed by atoms with E-state index in [0.717, 1.165) is 6.04 Å². The normalized spacial score (nSPS) is 29.3. The molecule has 2 rings (SSSR count). The Hall–Kier alpha value is -0.120. The van der Waals surface area contributed by atoms with E-state index in [0.29, 0.717) is 18.1 Å². The van der Waals surface area contributed by atoms with Crippen molar-refractivity contribution < 1.29 is 0 Å². The molecule has 0 bridgehead atoms. The summed E-state index contributed by atoms with van der Waals surface area (Å²) >= 11 is 0. The highest BCUT2D eigenvalue weighted by atomic mass is 15.2. The summed E-state index contributed by atoms with van der Waals surface area (Å²) < 4.78 is 0. The van der Waals surface area contributed by atoms with Crippen molar-refractivity contribution in [2.45, 2.75) is 141 Å². The van der Waals surface area contributed by atoms with Gasteiger partial charge in [0.15, 0.2) is 0 Å². The van der Waals surface area contributed by atoms with Crippen molar-refractivity contribution in [2.24, 2.45) is 5.73 Å². The van der Waals surface area contributed by atoms with Gasteiger partial charge in [-0.25, -0.2) is 0 Å². The molecule has 2 aliphatic carbocycles. The summed E-state index contributed by atoms with van der Waals surface area (Å²) in [6, 6.07) is 2.36. The van der Waals surface area contributed by atoms with Gasteiger partial charge in [0, 0.05) is 24.2 Å². The van der Waals surface area contributed by atoms with Gasteiger partial charge in [-0.05, 0) is 51.6 Å². The molecule has 2 saturated carbocycles. The average molecular weight is 380 g/mol. The lowest BCUT2D eigenvalue weighted by atomic mass is 9.85. The predicted octanol–water partition coefficient (Wildman–Crippen LogP) is 5.62. The molecule has 0 spiro atoms. The van der Waals surface area contributed by atoms with Crippen LogP contribution in [0.3, 0.4) is 0 Å². The Morgan fingerprint density at radius 3 is 1.85 bits per heavy atom. The van der Waals surface area contributed by atoms with E-state index in [1.54, 1.807) is 0 Å². The topological polar surface area (TPSA) is 41.3 Å². The first kappa shape index (κ1) is 23.2. The van der Waals surface area contributed by atoms with Gasteiger partial charge in [0.05, 0.1) is 0 Å². The van der Waals surface area contributed by atoms with Gasteiger partial charge >= 0.3 is 0 Å². The van der Waals surface area contributed by atoms with E-state index in [-0.39, 0.29) is 0 Å². The Balaban J connectivity index is 1.92. The maximum atomic E-state index is 6.47. The first-order valence-corrected chi connectivity index (χ1v) is 12.5. The zero-order valence-electron chi connectivity index (χ0n) is 18.6. The minimum atomic E-state index is 0.379. The molecule has 2 aliphatic rings.